The highest BCUT2D eigenvalue weighted by Crippen LogP contribution is 2.24. The second kappa shape index (κ2) is 9.42. The topological polar surface area (TPSA) is 35.6 Å². The lowest BCUT2D eigenvalue weighted by Crippen LogP contribution is -2.37. The maximum atomic E-state index is 13.2. The van der Waals surface area contributed by atoms with E-state index in [-0.39, 0.29) is 12.5 Å². The number of hydrogen-bond donors (Lipinski definition) is 1. The quantitative estimate of drug-likeness (QED) is 0.868. The van der Waals surface area contributed by atoms with E-state index in [9.17, 15) is 13.6 Å². The Morgan fingerprint density at radius 3 is 2.46 bits per heavy atom. The van der Waals surface area contributed by atoms with E-state index in [1.807, 2.05) is 0 Å². The van der Waals surface area contributed by atoms with Crippen LogP contribution in [0.5, 0.6) is 0 Å². The van der Waals surface area contributed by atoms with Crippen molar-refractivity contribution in [3.05, 3.63) is 29.8 Å². The molecule has 4 nitrogen and oxygen atoms in total. The van der Waals surface area contributed by atoms with Crippen LogP contribution in [0.4, 0.5) is 14.5 Å². The van der Waals surface area contributed by atoms with Crippen LogP contribution in [0.2, 0.25) is 0 Å². The highest BCUT2D eigenvalue weighted by molar-refractivity contribution is 5.92. The van der Waals surface area contributed by atoms with Gasteiger partial charge in [-0.15, -0.1) is 0 Å². The second-order valence-corrected chi connectivity index (χ2v) is 7.61. The fraction of sp³-hybridized carbons (Fsp3) is 0.650. The number of carbonyl (C=O) groups is 1. The third-order valence-electron chi connectivity index (χ3n) is 5.49. The number of hydrogen-bond acceptors (Lipinski definition) is 3. The number of nitrogens with zero attached hydrogens (tertiary/aromatic N) is 2. The van der Waals surface area contributed by atoms with E-state index in [4.69, 9.17) is 0 Å². The molecule has 1 aliphatic heterocycles. The molecule has 1 aromatic carbocycles. The Hall–Kier alpha value is -1.53. The predicted octanol–water partition coefficient (Wildman–Crippen LogP) is 3.49. The summed E-state index contributed by atoms with van der Waals surface area (Å²) in [7, 11) is 0. The molecule has 1 aromatic rings. The summed E-state index contributed by atoms with van der Waals surface area (Å²) in [5, 5.41) is 2.65. The standard InChI is InChI=1S/C20H29F2N3O/c21-18-8-7-17(13-19(18)22)23-20(26)15-25-10-4-9-24(11-12-25)14-16-5-2-1-3-6-16/h7-8,13,16H,1-6,9-12,14-15H2,(H,23,26). The first-order valence-electron chi connectivity index (χ1n) is 9.80. The van der Waals surface area contributed by atoms with E-state index < -0.39 is 11.6 Å². The van der Waals surface area contributed by atoms with Crippen molar-refractivity contribution in [1.29, 1.82) is 0 Å². The zero-order chi connectivity index (χ0) is 18.4. The summed E-state index contributed by atoms with van der Waals surface area (Å²) in [6.45, 7) is 5.34. The number of halogens is 2. The number of nitrogens with one attached hydrogen (secondary N) is 1. The van der Waals surface area contributed by atoms with Gasteiger partial charge in [0.05, 0.1) is 6.54 Å². The van der Waals surface area contributed by atoms with Crippen LogP contribution < -0.4 is 5.32 Å². The summed E-state index contributed by atoms with van der Waals surface area (Å²) < 4.78 is 26.2. The van der Waals surface area contributed by atoms with Gasteiger partial charge in [0.1, 0.15) is 0 Å². The van der Waals surface area contributed by atoms with Crippen molar-refractivity contribution < 1.29 is 13.6 Å². The average molecular weight is 365 g/mol. The molecule has 1 N–H and O–H groups in total. The zero-order valence-corrected chi connectivity index (χ0v) is 15.4. The number of benzene rings is 1. The normalized spacial score (nSPS) is 20.7. The van der Waals surface area contributed by atoms with Gasteiger partial charge in [-0.3, -0.25) is 9.69 Å². The molecule has 1 amide bonds. The lowest BCUT2D eigenvalue weighted by atomic mass is 9.89. The molecule has 2 fully saturated rings. The predicted molar refractivity (Wildman–Crippen MR) is 99.1 cm³/mol. The van der Waals surface area contributed by atoms with Gasteiger partial charge in [-0.2, -0.15) is 0 Å². The number of rotatable bonds is 5. The molecule has 26 heavy (non-hydrogen) atoms. The Labute approximate surface area is 154 Å². The molecular weight excluding hydrogens is 336 g/mol. The summed E-state index contributed by atoms with van der Waals surface area (Å²) in [4.78, 5) is 16.9. The van der Waals surface area contributed by atoms with E-state index >= 15 is 0 Å². The van der Waals surface area contributed by atoms with Crippen LogP contribution in [0.3, 0.4) is 0 Å². The van der Waals surface area contributed by atoms with Gasteiger partial charge in [0, 0.05) is 31.4 Å². The van der Waals surface area contributed by atoms with Crippen molar-refractivity contribution in [1.82, 2.24) is 9.80 Å². The van der Waals surface area contributed by atoms with Gasteiger partial charge >= 0.3 is 0 Å². The fourth-order valence-corrected chi connectivity index (χ4v) is 4.08. The molecule has 0 radical (unpaired) electrons. The summed E-state index contributed by atoms with van der Waals surface area (Å²) in [5.41, 5.74) is 0.294. The van der Waals surface area contributed by atoms with Gasteiger partial charge in [0.2, 0.25) is 5.91 Å². The van der Waals surface area contributed by atoms with Crippen LogP contribution in [0.1, 0.15) is 38.5 Å². The molecule has 1 heterocycles. The molecule has 0 aromatic heterocycles. The minimum atomic E-state index is -0.948. The molecule has 144 valence electrons. The third kappa shape index (κ3) is 5.74. The maximum absolute atomic E-state index is 13.2. The van der Waals surface area contributed by atoms with Gasteiger partial charge in [-0.05, 0) is 50.4 Å². The molecule has 0 bridgehead atoms. The lowest BCUT2D eigenvalue weighted by molar-refractivity contribution is -0.117. The van der Waals surface area contributed by atoms with Crippen LogP contribution in [-0.2, 0) is 4.79 Å². The second-order valence-electron chi connectivity index (χ2n) is 7.61. The summed E-state index contributed by atoms with van der Waals surface area (Å²) >= 11 is 0. The van der Waals surface area contributed by atoms with E-state index in [2.05, 4.69) is 15.1 Å². The number of carbonyl (C=O) groups excluding carboxylic acids is 1. The molecule has 1 aliphatic carbocycles. The highest BCUT2D eigenvalue weighted by atomic mass is 19.2. The van der Waals surface area contributed by atoms with E-state index in [1.54, 1.807) is 0 Å². The third-order valence-corrected chi connectivity index (χ3v) is 5.49. The first-order chi connectivity index (χ1) is 12.6. The molecule has 1 saturated carbocycles. The van der Waals surface area contributed by atoms with Gasteiger partial charge < -0.3 is 10.2 Å². The van der Waals surface area contributed by atoms with Crippen molar-refractivity contribution in [2.75, 3.05) is 44.6 Å². The van der Waals surface area contributed by atoms with Crippen molar-refractivity contribution in [3.8, 4) is 0 Å². The SMILES string of the molecule is O=C(CN1CCCN(CC2CCCCC2)CC1)Nc1ccc(F)c(F)c1. The van der Waals surface area contributed by atoms with Crippen molar-refractivity contribution >= 4 is 11.6 Å². The van der Waals surface area contributed by atoms with Crippen LogP contribution in [-0.4, -0.2) is 55.0 Å². The highest BCUT2D eigenvalue weighted by Gasteiger charge is 2.21. The molecule has 3 rings (SSSR count). The largest absolute Gasteiger partial charge is 0.325 e. The molecule has 6 heteroatoms. The molecular formula is C20H29F2N3O. The minimum Gasteiger partial charge on any atom is -0.325 e. The number of anilines is 1. The van der Waals surface area contributed by atoms with Gasteiger partial charge in [0.15, 0.2) is 11.6 Å². The smallest absolute Gasteiger partial charge is 0.238 e. The monoisotopic (exact) mass is 365 g/mol. The van der Waals surface area contributed by atoms with Crippen molar-refractivity contribution in [3.63, 3.8) is 0 Å². The van der Waals surface area contributed by atoms with Gasteiger partial charge in [-0.25, -0.2) is 8.78 Å². The summed E-state index contributed by atoms with van der Waals surface area (Å²) in [5.74, 6) is -1.20. The lowest BCUT2D eigenvalue weighted by Gasteiger charge is -2.28. The Morgan fingerprint density at radius 1 is 0.962 bits per heavy atom. The van der Waals surface area contributed by atoms with Crippen LogP contribution in [0.25, 0.3) is 0 Å². The first kappa shape index (κ1) is 19.2. The first-order valence-corrected chi connectivity index (χ1v) is 9.80. The molecule has 0 atom stereocenters. The molecule has 0 spiro atoms. The average Bonchev–Trinajstić information content (AvgIpc) is 2.84. The Morgan fingerprint density at radius 2 is 1.69 bits per heavy atom. The van der Waals surface area contributed by atoms with Gasteiger partial charge in [0.25, 0.3) is 0 Å². The van der Waals surface area contributed by atoms with E-state index in [1.165, 1.54) is 44.7 Å². The van der Waals surface area contributed by atoms with E-state index in [0.717, 1.165) is 50.7 Å². The van der Waals surface area contributed by atoms with Crippen LogP contribution in [0.15, 0.2) is 18.2 Å². The number of amides is 1. The summed E-state index contributed by atoms with van der Waals surface area (Å²) in [6, 6.07) is 3.42. The summed E-state index contributed by atoms with van der Waals surface area (Å²) in [6.07, 6.45) is 7.90. The minimum absolute atomic E-state index is 0.184. The zero-order valence-electron chi connectivity index (χ0n) is 15.4. The molecule has 2 aliphatic rings. The fourth-order valence-electron chi connectivity index (χ4n) is 4.08. The van der Waals surface area contributed by atoms with Crippen LogP contribution >= 0.6 is 0 Å². The molecule has 0 unspecified atom stereocenters. The van der Waals surface area contributed by atoms with Crippen molar-refractivity contribution in [2.24, 2.45) is 5.92 Å². The van der Waals surface area contributed by atoms with Crippen molar-refractivity contribution in [2.45, 2.75) is 38.5 Å². The Balaban J connectivity index is 1.43. The Bertz CT molecular complexity index is 605. The van der Waals surface area contributed by atoms with Gasteiger partial charge in [-0.1, -0.05) is 19.3 Å². The maximum Gasteiger partial charge on any atom is 0.238 e. The Kier molecular flexibility index (Phi) is 6.97. The van der Waals surface area contributed by atoms with E-state index in [0.29, 0.717) is 5.69 Å². The van der Waals surface area contributed by atoms with Crippen LogP contribution in [0, 0.1) is 17.6 Å². The molecule has 1 saturated heterocycles.